The molecule has 0 aliphatic heterocycles. The Bertz CT molecular complexity index is 1830. The van der Waals surface area contributed by atoms with Crippen LogP contribution in [0.3, 0.4) is 0 Å². The van der Waals surface area contributed by atoms with Crippen LogP contribution in [0.25, 0.3) is 0 Å². The third-order valence-electron chi connectivity index (χ3n) is 13.8. The first-order valence-electron chi connectivity index (χ1n) is 33.5. The van der Waals surface area contributed by atoms with Gasteiger partial charge in [0.2, 0.25) is 0 Å². The van der Waals surface area contributed by atoms with Crippen molar-refractivity contribution in [2.45, 2.75) is 290 Å². The maximum Gasteiger partial charge on any atom is 0.306 e. The quantitative estimate of drug-likeness (QED) is 0.0261. The molecular formula is C76H122O6. The van der Waals surface area contributed by atoms with E-state index in [1.54, 1.807) is 0 Å². The number of carbonyl (C=O) groups excluding carboxylic acids is 3. The van der Waals surface area contributed by atoms with Crippen molar-refractivity contribution in [3.63, 3.8) is 0 Å². The molecule has 0 aromatic heterocycles. The van der Waals surface area contributed by atoms with Crippen molar-refractivity contribution in [2.75, 3.05) is 13.2 Å². The lowest BCUT2D eigenvalue weighted by molar-refractivity contribution is -0.167. The number of unbranched alkanes of at least 4 members (excludes halogenated alkanes) is 22. The van der Waals surface area contributed by atoms with Crippen LogP contribution in [0.15, 0.2) is 158 Å². The first-order valence-corrected chi connectivity index (χ1v) is 33.5. The van der Waals surface area contributed by atoms with Crippen molar-refractivity contribution in [1.29, 1.82) is 0 Å². The molecule has 0 rings (SSSR count). The fourth-order valence-corrected chi connectivity index (χ4v) is 8.84. The van der Waals surface area contributed by atoms with E-state index in [0.717, 1.165) is 154 Å². The van der Waals surface area contributed by atoms with Crippen molar-refractivity contribution in [3.8, 4) is 0 Å². The van der Waals surface area contributed by atoms with Gasteiger partial charge in [-0.1, -0.05) is 294 Å². The third-order valence-corrected chi connectivity index (χ3v) is 13.8. The molecule has 0 aromatic carbocycles. The molecule has 0 amide bonds. The molecule has 0 saturated carbocycles. The van der Waals surface area contributed by atoms with Crippen LogP contribution in [0.4, 0.5) is 0 Å². The first-order chi connectivity index (χ1) is 40.5. The zero-order chi connectivity index (χ0) is 59.2. The highest BCUT2D eigenvalue weighted by Gasteiger charge is 2.19. The number of esters is 3. The van der Waals surface area contributed by atoms with E-state index < -0.39 is 6.10 Å². The number of hydrogen-bond acceptors (Lipinski definition) is 6. The Balaban J connectivity index is 4.48. The summed E-state index contributed by atoms with van der Waals surface area (Å²) in [6.07, 6.45) is 99.6. The average molecular weight is 1130 g/mol. The summed E-state index contributed by atoms with van der Waals surface area (Å²) >= 11 is 0. The minimum Gasteiger partial charge on any atom is -0.462 e. The summed E-state index contributed by atoms with van der Waals surface area (Å²) in [6.45, 7) is 6.38. The molecule has 82 heavy (non-hydrogen) atoms. The fourth-order valence-electron chi connectivity index (χ4n) is 8.84. The SMILES string of the molecule is CC/C=C\C/C=C\C/C=C\C/C=C\C/C=C\C/C=C\C/C=C\C/C=C\CCCCCCC(=O)OCC(COC(=O)CCCCCCCCCCCCCCCCCC)OC(=O)CCCCC/C=C\C/C=C\C/C=C\C/C=C\C/C=C\CC. The molecule has 0 heterocycles. The molecule has 6 nitrogen and oxygen atoms in total. The van der Waals surface area contributed by atoms with Crippen molar-refractivity contribution >= 4 is 17.9 Å². The van der Waals surface area contributed by atoms with Crippen molar-refractivity contribution in [3.05, 3.63) is 158 Å². The second kappa shape index (κ2) is 68.5. The van der Waals surface area contributed by atoms with Gasteiger partial charge in [0, 0.05) is 19.3 Å². The Labute approximate surface area is 505 Å². The van der Waals surface area contributed by atoms with Gasteiger partial charge in [0.1, 0.15) is 13.2 Å². The van der Waals surface area contributed by atoms with E-state index in [-0.39, 0.29) is 37.5 Å². The Kier molecular flexibility index (Phi) is 64.4. The second-order valence-corrected chi connectivity index (χ2v) is 21.6. The molecule has 0 aliphatic carbocycles. The molecule has 462 valence electrons. The number of ether oxygens (including phenoxy) is 3. The average Bonchev–Trinajstić information content (AvgIpc) is 3.47. The summed E-state index contributed by atoms with van der Waals surface area (Å²) in [5.41, 5.74) is 0. The number of carbonyl (C=O) groups is 3. The minimum absolute atomic E-state index is 0.104. The maximum absolute atomic E-state index is 12.9. The highest BCUT2D eigenvalue weighted by molar-refractivity contribution is 5.71. The van der Waals surface area contributed by atoms with Crippen LogP contribution in [-0.2, 0) is 28.6 Å². The zero-order valence-corrected chi connectivity index (χ0v) is 52.9. The molecule has 6 heteroatoms. The van der Waals surface area contributed by atoms with Gasteiger partial charge in [-0.3, -0.25) is 14.4 Å². The molecule has 1 atom stereocenters. The number of rotatable bonds is 59. The van der Waals surface area contributed by atoms with Gasteiger partial charge in [-0.05, 0) is 128 Å². The van der Waals surface area contributed by atoms with E-state index >= 15 is 0 Å². The molecule has 0 aliphatic rings. The monoisotopic (exact) mass is 1130 g/mol. The lowest BCUT2D eigenvalue weighted by atomic mass is 10.0. The van der Waals surface area contributed by atoms with Gasteiger partial charge in [0.05, 0.1) is 0 Å². The molecule has 0 fully saturated rings. The molecule has 0 saturated heterocycles. The predicted molar refractivity (Wildman–Crippen MR) is 357 cm³/mol. The number of allylic oxidation sites excluding steroid dienone is 26. The van der Waals surface area contributed by atoms with Gasteiger partial charge in [0.15, 0.2) is 6.10 Å². The van der Waals surface area contributed by atoms with E-state index in [2.05, 4.69) is 179 Å². The van der Waals surface area contributed by atoms with E-state index in [1.807, 2.05) is 0 Å². The molecule has 0 spiro atoms. The highest BCUT2D eigenvalue weighted by atomic mass is 16.6. The van der Waals surface area contributed by atoms with Crippen molar-refractivity contribution in [2.24, 2.45) is 0 Å². The lowest BCUT2D eigenvalue weighted by Gasteiger charge is -2.18. The molecular weight excluding hydrogens is 1010 g/mol. The van der Waals surface area contributed by atoms with Gasteiger partial charge in [-0.25, -0.2) is 0 Å². The smallest absolute Gasteiger partial charge is 0.306 e. The van der Waals surface area contributed by atoms with Gasteiger partial charge in [-0.2, -0.15) is 0 Å². The lowest BCUT2D eigenvalue weighted by Crippen LogP contribution is -2.30. The summed E-state index contributed by atoms with van der Waals surface area (Å²) in [5.74, 6) is -0.960. The Morgan fingerprint density at radius 3 is 0.756 bits per heavy atom. The van der Waals surface area contributed by atoms with Crippen molar-refractivity contribution < 1.29 is 28.6 Å². The Hall–Kier alpha value is -4.97. The van der Waals surface area contributed by atoms with Crippen LogP contribution >= 0.6 is 0 Å². The normalized spacial score (nSPS) is 13.2. The van der Waals surface area contributed by atoms with Crippen LogP contribution in [0, 0.1) is 0 Å². The summed E-state index contributed by atoms with van der Waals surface area (Å²) in [7, 11) is 0. The predicted octanol–water partition coefficient (Wildman–Crippen LogP) is 23.3. The van der Waals surface area contributed by atoms with Crippen LogP contribution in [-0.4, -0.2) is 37.2 Å². The van der Waals surface area contributed by atoms with Gasteiger partial charge < -0.3 is 14.2 Å². The maximum atomic E-state index is 12.9. The molecule has 0 bridgehead atoms. The highest BCUT2D eigenvalue weighted by Crippen LogP contribution is 2.16. The van der Waals surface area contributed by atoms with Crippen LogP contribution in [0.1, 0.15) is 284 Å². The van der Waals surface area contributed by atoms with Gasteiger partial charge >= 0.3 is 17.9 Å². The van der Waals surface area contributed by atoms with E-state index in [1.165, 1.54) is 83.5 Å². The zero-order valence-electron chi connectivity index (χ0n) is 52.9. The van der Waals surface area contributed by atoms with E-state index in [4.69, 9.17) is 14.2 Å². The summed E-state index contributed by atoms with van der Waals surface area (Å²) in [4.78, 5) is 38.4. The summed E-state index contributed by atoms with van der Waals surface area (Å²) < 4.78 is 16.9. The third kappa shape index (κ3) is 65.8. The second-order valence-electron chi connectivity index (χ2n) is 21.6. The summed E-state index contributed by atoms with van der Waals surface area (Å²) in [5, 5.41) is 0. The van der Waals surface area contributed by atoms with E-state index in [0.29, 0.717) is 19.3 Å². The van der Waals surface area contributed by atoms with Gasteiger partial charge in [-0.15, -0.1) is 0 Å². The summed E-state index contributed by atoms with van der Waals surface area (Å²) in [6, 6.07) is 0. The number of hydrogen-bond donors (Lipinski definition) is 0. The largest absolute Gasteiger partial charge is 0.462 e. The van der Waals surface area contributed by atoms with Crippen LogP contribution < -0.4 is 0 Å². The fraction of sp³-hybridized carbons (Fsp3) is 0.618. The van der Waals surface area contributed by atoms with Crippen molar-refractivity contribution in [1.82, 2.24) is 0 Å². The Morgan fingerprint density at radius 1 is 0.256 bits per heavy atom. The van der Waals surface area contributed by atoms with E-state index in [9.17, 15) is 14.4 Å². The van der Waals surface area contributed by atoms with Crippen LogP contribution in [0.5, 0.6) is 0 Å². The topological polar surface area (TPSA) is 78.9 Å². The molecule has 1 unspecified atom stereocenters. The standard InChI is InChI=1S/C76H122O6/c1-4-7-10-13-16-19-22-25-28-31-33-34-35-36-37-38-39-40-41-42-44-45-48-51-54-57-60-63-66-69-75(78)81-72-73(71-80-74(77)68-65-62-59-56-53-50-47-30-27-24-21-18-15-12-9-6-3)82-76(79)70-67-64-61-58-55-52-49-46-43-32-29-26-23-20-17-14-11-8-5-2/h7-8,10-11,16-17,19-20,25-26,28-29,33-34,36-37,39-40,42-44,46,48,51-52,55,73H,4-6,9,12-15,18,21-24,27,30-32,35,38,41,45,47,49-50,53-54,56-72H2,1-3H3/b10-7-,11-8-,19-16-,20-17-,28-25-,29-26-,34-33-,37-36-,40-39-,44-42-,46-43-,51-48-,55-52-. The first kappa shape index (κ1) is 77.0. The molecule has 0 aromatic rings. The molecule has 0 radical (unpaired) electrons. The minimum atomic E-state index is -0.814. The van der Waals surface area contributed by atoms with Gasteiger partial charge in [0.25, 0.3) is 0 Å². The molecule has 0 N–H and O–H groups in total. The van der Waals surface area contributed by atoms with Crippen LogP contribution in [0.2, 0.25) is 0 Å². The Morgan fingerprint density at radius 2 is 0.476 bits per heavy atom.